The number of amides is 2. The average Bonchev–Trinajstić information content (AvgIpc) is 3.40. The van der Waals surface area contributed by atoms with E-state index in [1.54, 1.807) is 16.2 Å². The Kier molecular flexibility index (Phi) is 7.02. The number of benzene rings is 2. The molecule has 0 unspecified atom stereocenters. The van der Waals surface area contributed by atoms with E-state index in [-0.39, 0.29) is 17.9 Å². The van der Waals surface area contributed by atoms with Crippen LogP contribution in [0.2, 0.25) is 0 Å². The number of hydrogen-bond donors (Lipinski definition) is 1. The summed E-state index contributed by atoms with van der Waals surface area (Å²) < 4.78 is 0. The molecular formula is C29H33N3O2S. The molecule has 5 rings (SSSR count). The van der Waals surface area contributed by atoms with E-state index >= 15 is 0 Å². The highest BCUT2D eigenvalue weighted by atomic mass is 32.1. The molecule has 182 valence electrons. The van der Waals surface area contributed by atoms with Crippen LogP contribution in [0.5, 0.6) is 0 Å². The number of likely N-dealkylation sites (tertiary alicyclic amines) is 1. The molecule has 2 aliphatic rings. The molecule has 2 aliphatic heterocycles. The van der Waals surface area contributed by atoms with E-state index in [1.165, 1.54) is 11.1 Å². The highest BCUT2D eigenvalue weighted by Gasteiger charge is 2.43. The van der Waals surface area contributed by atoms with Gasteiger partial charge in [-0.25, -0.2) is 0 Å². The fourth-order valence-electron chi connectivity index (χ4n) is 5.54. The van der Waals surface area contributed by atoms with Gasteiger partial charge in [-0.15, -0.1) is 11.3 Å². The molecule has 2 amide bonds. The molecule has 1 fully saturated rings. The summed E-state index contributed by atoms with van der Waals surface area (Å²) in [6, 6.07) is 20.0. The van der Waals surface area contributed by atoms with Crippen LogP contribution in [0.25, 0.3) is 0 Å². The van der Waals surface area contributed by atoms with Gasteiger partial charge in [0.15, 0.2) is 0 Å². The fourth-order valence-corrected chi connectivity index (χ4v) is 6.45. The summed E-state index contributed by atoms with van der Waals surface area (Å²) in [5.41, 5.74) is 4.13. The Morgan fingerprint density at radius 1 is 1.06 bits per heavy atom. The lowest BCUT2D eigenvalue weighted by Crippen LogP contribution is -2.46. The highest BCUT2D eigenvalue weighted by Crippen LogP contribution is 2.43. The van der Waals surface area contributed by atoms with Crippen LogP contribution in [0.3, 0.4) is 0 Å². The molecule has 2 aromatic carbocycles. The first-order chi connectivity index (χ1) is 17.0. The van der Waals surface area contributed by atoms with Crippen molar-refractivity contribution in [3.8, 4) is 0 Å². The van der Waals surface area contributed by atoms with E-state index in [0.29, 0.717) is 18.0 Å². The highest BCUT2D eigenvalue weighted by molar-refractivity contribution is 7.10. The van der Waals surface area contributed by atoms with Gasteiger partial charge in [-0.3, -0.25) is 14.5 Å². The third kappa shape index (κ3) is 5.04. The molecule has 3 aromatic rings. The van der Waals surface area contributed by atoms with Crippen LogP contribution in [0.1, 0.15) is 56.7 Å². The van der Waals surface area contributed by atoms with Gasteiger partial charge in [0, 0.05) is 30.6 Å². The predicted octanol–water partition coefficient (Wildman–Crippen LogP) is 5.00. The van der Waals surface area contributed by atoms with Gasteiger partial charge in [-0.05, 0) is 67.4 Å². The van der Waals surface area contributed by atoms with Gasteiger partial charge in [0.05, 0.1) is 12.0 Å². The quantitative estimate of drug-likeness (QED) is 0.533. The molecule has 0 radical (unpaired) electrons. The molecule has 1 saturated heterocycles. The van der Waals surface area contributed by atoms with Crippen LogP contribution < -0.4 is 5.32 Å². The molecule has 35 heavy (non-hydrogen) atoms. The van der Waals surface area contributed by atoms with Crippen molar-refractivity contribution in [1.29, 1.82) is 0 Å². The van der Waals surface area contributed by atoms with Crippen molar-refractivity contribution in [1.82, 2.24) is 15.1 Å². The van der Waals surface area contributed by atoms with Crippen molar-refractivity contribution in [2.75, 3.05) is 26.7 Å². The number of carbonyl (C=O) groups is 2. The molecule has 1 aromatic heterocycles. The minimum absolute atomic E-state index is 0.0115. The van der Waals surface area contributed by atoms with E-state index in [4.69, 9.17) is 0 Å². The van der Waals surface area contributed by atoms with Crippen LogP contribution >= 0.6 is 11.3 Å². The largest absolute Gasteiger partial charge is 0.355 e. The molecule has 2 atom stereocenters. The van der Waals surface area contributed by atoms with Gasteiger partial charge in [-0.2, -0.15) is 0 Å². The number of aryl methyl sites for hydroxylation is 1. The van der Waals surface area contributed by atoms with Gasteiger partial charge in [0.1, 0.15) is 0 Å². The number of rotatable bonds is 6. The molecule has 0 aliphatic carbocycles. The maximum atomic E-state index is 13.6. The smallest absolute Gasteiger partial charge is 0.254 e. The number of thiophene rings is 1. The lowest BCUT2D eigenvalue weighted by Gasteiger charge is -2.39. The number of piperidine rings is 1. The summed E-state index contributed by atoms with van der Waals surface area (Å²) in [5, 5.41) is 5.28. The Morgan fingerprint density at radius 2 is 1.86 bits per heavy atom. The van der Waals surface area contributed by atoms with Crippen LogP contribution in [-0.4, -0.2) is 48.3 Å². The van der Waals surface area contributed by atoms with Crippen molar-refractivity contribution in [3.63, 3.8) is 0 Å². The zero-order chi connectivity index (χ0) is 24.4. The zero-order valence-corrected chi connectivity index (χ0v) is 21.3. The topological polar surface area (TPSA) is 52.7 Å². The van der Waals surface area contributed by atoms with Gasteiger partial charge in [-0.1, -0.05) is 54.1 Å². The first-order valence-corrected chi connectivity index (χ1v) is 13.3. The first-order valence-electron chi connectivity index (χ1n) is 12.5. The number of nitrogens with one attached hydrogen (secondary N) is 1. The van der Waals surface area contributed by atoms with Crippen molar-refractivity contribution in [3.05, 3.63) is 93.2 Å². The molecule has 0 spiro atoms. The molecule has 0 saturated carbocycles. The second-order valence-electron chi connectivity index (χ2n) is 9.89. The van der Waals surface area contributed by atoms with E-state index in [0.717, 1.165) is 42.9 Å². The van der Waals surface area contributed by atoms with Crippen LogP contribution in [0.4, 0.5) is 0 Å². The van der Waals surface area contributed by atoms with Gasteiger partial charge < -0.3 is 10.2 Å². The number of nitrogens with zero attached hydrogens (tertiary/aromatic N) is 2. The minimum atomic E-state index is -0.408. The molecule has 3 heterocycles. The second kappa shape index (κ2) is 10.3. The molecule has 1 N–H and O–H groups in total. The van der Waals surface area contributed by atoms with Gasteiger partial charge >= 0.3 is 0 Å². The van der Waals surface area contributed by atoms with Crippen molar-refractivity contribution >= 4 is 23.2 Å². The molecule has 5 nitrogen and oxygen atoms in total. The Bertz CT molecular complexity index is 1180. The fraction of sp³-hybridized carbons (Fsp3) is 0.379. The predicted molar refractivity (Wildman–Crippen MR) is 141 cm³/mol. The van der Waals surface area contributed by atoms with Crippen molar-refractivity contribution in [2.24, 2.45) is 5.92 Å². The van der Waals surface area contributed by atoms with Crippen LogP contribution in [0.15, 0.2) is 66.0 Å². The molecular weight excluding hydrogens is 454 g/mol. The summed E-state index contributed by atoms with van der Waals surface area (Å²) in [6.45, 7) is 5.92. The monoisotopic (exact) mass is 487 g/mol. The van der Waals surface area contributed by atoms with Crippen molar-refractivity contribution in [2.45, 2.75) is 38.3 Å². The van der Waals surface area contributed by atoms with Crippen molar-refractivity contribution < 1.29 is 9.59 Å². The number of carbonyl (C=O) groups excluding carboxylic acids is 2. The Balaban J connectivity index is 1.24. The first kappa shape index (κ1) is 23.8. The van der Waals surface area contributed by atoms with E-state index < -0.39 is 5.92 Å². The Labute approximate surface area is 211 Å². The zero-order valence-electron chi connectivity index (χ0n) is 20.4. The van der Waals surface area contributed by atoms with E-state index in [1.807, 2.05) is 48.8 Å². The lowest BCUT2D eigenvalue weighted by atomic mass is 9.81. The standard InChI is InChI=1S/C29H33N3O2S/c1-20-7-5-8-22(17-20)19-32-14-12-21(13-15-32)18-30-28(33)26-23-9-3-4-10-24(23)29(34)31(2)27(26)25-11-6-16-35-25/h3-11,16-17,21,26-27H,12-15,18-19H2,1-2H3,(H,30,33)/t26-,27-/m1/s1. The number of fused-ring (bicyclic) bond motifs is 1. The van der Waals surface area contributed by atoms with Gasteiger partial charge in [0.25, 0.3) is 5.91 Å². The van der Waals surface area contributed by atoms with Crippen LogP contribution in [-0.2, 0) is 11.3 Å². The maximum absolute atomic E-state index is 13.6. The molecule has 6 heteroatoms. The van der Waals surface area contributed by atoms with E-state index in [2.05, 4.69) is 41.4 Å². The SMILES string of the molecule is Cc1cccc(CN2CCC(CNC(=O)[C@@H]3c4ccccc4C(=O)N(C)[C@@H]3c3cccs3)CC2)c1. The molecule has 0 bridgehead atoms. The third-order valence-electron chi connectivity index (χ3n) is 7.46. The number of hydrogen-bond acceptors (Lipinski definition) is 4. The third-order valence-corrected chi connectivity index (χ3v) is 8.40. The average molecular weight is 488 g/mol. The summed E-state index contributed by atoms with van der Waals surface area (Å²) in [6.07, 6.45) is 2.17. The van der Waals surface area contributed by atoms with E-state index in [9.17, 15) is 9.59 Å². The maximum Gasteiger partial charge on any atom is 0.254 e. The lowest BCUT2D eigenvalue weighted by molar-refractivity contribution is -0.124. The Morgan fingerprint density at radius 3 is 2.60 bits per heavy atom. The number of likely N-dealkylation sites (N-methyl/N-ethyl adjacent to an activating group) is 1. The minimum Gasteiger partial charge on any atom is -0.355 e. The Hall–Kier alpha value is -2.96. The normalized spacial score (nSPS) is 21.1. The summed E-state index contributed by atoms with van der Waals surface area (Å²) in [5.74, 6) is 0.0569. The summed E-state index contributed by atoms with van der Waals surface area (Å²) in [7, 11) is 1.81. The van der Waals surface area contributed by atoms with Crippen LogP contribution in [0, 0.1) is 12.8 Å². The second-order valence-corrected chi connectivity index (χ2v) is 10.9. The summed E-state index contributed by atoms with van der Waals surface area (Å²) in [4.78, 5) is 32.0. The van der Waals surface area contributed by atoms with Gasteiger partial charge in [0.2, 0.25) is 5.91 Å². The summed E-state index contributed by atoms with van der Waals surface area (Å²) >= 11 is 1.60.